The summed E-state index contributed by atoms with van der Waals surface area (Å²) in [5, 5.41) is 11.7. The molecule has 4 nitrogen and oxygen atoms in total. The maximum atomic E-state index is 11.9. The molecule has 0 atom stereocenters. The molecule has 0 spiro atoms. The molecule has 0 bridgehead atoms. The SMILES string of the molecule is CC(C)c1ccc(CC(=O)NC2CC(CC(=O)O)C2)cc1. The van der Waals surface area contributed by atoms with Crippen LogP contribution in [0.25, 0.3) is 0 Å². The predicted octanol–water partition coefficient (Wildman–Crippen LogP) is 2.72. The van der Waals surface area contributed by atoms with E-state index < -0.39 is 5.97 Å². The number of hydrogen-bond donors (Lipinski definition) is 2. The van der Waals surface area contributed by atoms with E-state index in [1.807, 2.05) is 12.1 Å². The van der Waals surface area contributed by atoms with Crippen molar-refractivity contribution < 1.29 is 14.7 Å². The minimum Gasteiger partial charge on any atom is -0.481 e. The van der Waals surface area contributed by atoms with E-state index in [4.69, 9.17) is 5.11 Å². The number of carboxylic acid groups (broad SMARTS) is 1. The third-order valence-electron chi connectivity index (χ3n) is 4.08. The van der Waals surface area contributed by atoms with Crippen LogP contribution in [0.15, 0.2) is 24.3 Å². The fourth-order valence-corrected chi connectivity index (χ4v) is 2.75. The Morgan fingerprint density at radius 3 is 2.38 bits per heavy atom. The zero-order chi connectivity index (χ0) is 15.4. The van der Waals surface area contributed by atoms with Gasteiger partial charge in [0.2, 0.25) is 5.91 Å². The molecule has 0 radical (unpaired) electrons. The molecule has 1 fully saturated rings. The molecule has 1 aliphatic rings. The van der Waals surface area contributed by atoms with Gasteiger partial charge in [-0.05, 0) is 35.8 Å². The lowest BCUT2D eigenvalue weighted by Gasteiger charge is -2.34. The highest BCUT2D eigenvalue weighted by Gasteiger charge is 2.31. The Bertz CT molecular complexity index is 501. The minimum atomic E-state index is -0.755. The van der Waals surface area contributed by atoms with Crippen LogP contribution in [0.4, 0.5) is 0 Å². The average Bonchev–Trinajstić information content (AvgIpc) is 2.36. The number of amides is 1. The summed E-state index contributed by atoms with van der Waals surface area (Å²) >= 11 is 0. The van der Waals surface area contributed by atoms with Crippen LogP contribution >= 0.6 is 0 Å². The van der Waals surface area contributed by atoms with Gasteiger partial charge in [-0.2, -0.15) is 0 Å². The summed E-state index contributed by atoms with van der Waals surface area (Å²) in [6, 6.07) is 8.29. The highest BCUT2D eigenvalue weighted by molar-refractivity contribution is 5.79. The van der Waals surface area contributed by atoms with Gasteiger partial charge in [0.1, 0.15) is 0 Å². The molecular weight excluding hydrogens is 266 g/mol. The number of nitrogens with one attached hydrogen (secondary N) is 1. The second-order valence-electron chi connectivity index (χ2n) is 6.27. The second kappa shape index (κ2) is 6.74. The first-order chi connectivity index (χ1) is 9.94. The smallest absolute Gasteiger partial charge is 0.303 e. The first-order valence-corrected chi connectivity index (χ1v) is 7.54. The molecule has 0 saturated heterocycles. The zero-order valence-electron chi connectivity index (χ0n) is 12.6. The topological polar surface area (TPSA) is 66.4 Å². The van der Waals surface area contributed by atoms with Crippen LogP contribution in [0.1, 0.15) is 50.2 Å². The van der Waals surface area contributed by atoms with Crippen LogP contribution in [-0.4, -0.2) is 23.0 Å². The maximum Gasteiger partial charge on any atom is 0.303 e. The standard InChI is InChI=1S/C17H23NO3/c1-11(2)14-5-3-12(4-6-14)9-16(19)18-15-7-13(8-15)10-17(20)21/h3-6,11,13,15H,7-10H2,1-2H3,(H,18,19)(H,20,21). The van der Waals surface area contributed by atoms with E-state index in [2.05, 4.69) is 31.3 Å². The first kappa shape index (κ1) is 15.5. The molecule has 1 amide bonds. The Kier molecular flexibility index (Phi) is 4.99. The van der Waals surface area contributed by atoms with Crippen LogP contribution < -0.4 is 5.32 Å². The largest absolute Gasteiger partial charge is 0.481 e. The molecule has 1 aromatic carbocycles. The lowest BCUT2D eigenvalue weighted by Crippen LogP contribution is -2.45. The van der Waals surface area contributed by atoms with Crippen LogP contribution in [0.5, 0.6) is 0 Å². The monoisotopic (exact) mass is 289 g/mol. The van der Waals surface area contributed by atoms with Gasteiger partial charge in [-0.25, -0.2) is 0 Å². The van der Waals surface area contributed by atoms with E-state index in [0.717, 1.165) is 18.4 Å². The van der Waals surface area contributed by atoms with Crippen molar-refractivity contribution in [2.75, 3.05) is 0 Å². The Hall–Kier alpha value is -1.84. The summed E-state index contributed by atoms with van der Waals surface area (Å²) in [6.07, 6.45) is 2.16. The molecule has 114 valence electrons. The molecular formula is C17H23NO3. The molecule has 1 aromatic rings. The van der Waals surface area contributed by atoms with E-state index in [0.29, 0.717) is 12.3 Å². The molecule has 2 N–H and O–H groups in total. The van der Waals surface area contributed by atoms with Crippen molar-refractivity contribution in [3.8, 4) is 0 Å². The third-order valence-corrected chi connectivity index (χ3v) is 4.08. The fourth-order valence-electron chi connectivity index (χ4n) is 2.75. The van der Waals surface area contributed by atoms with Gasteiger partial charge in [0.15, 0.2) is 0 Å². The van der Waals surface area contributed by atoms with Crippen molar-refractivity contribution in [2.24, 2.45) is 5.92 Å². The minimum absolute atomic E-state index is 0.0195. The van der Waals surface area contributed by atoms with Crippen molar-refractivity contribution >= 4 is 11.9 Å². The number of aliphatic carboxylic acids is 1. The number of hydrogen-bond acceptors (Lipinski definition) is 2. The van der Waals surface area contributed by atoms with Crippen molar-refractivity contribution in [2.45, 2.75) is 51.5 Å². The van der Waals surface area contributed by atoms with E-state index in [1.54, 1.807) is 0 Å². The summed E-state index contributed by atoms with van der Waals surface area (Å²) in [5.41, 5.74) is 2.29. The normalized spacial score (nSPS) is 20.9. The Morgan fingerprint density at radius 2 is 1.86 bits per heavy atom. The van der Waals surface area contributed by atoms with Crippen molar-refractivity contribution in [3.63, 3.8) is 0 Å². The van der Waals surface area contributed by atoms with Crippen molar-refractivity contribution in [3.05, 3.63) is 35.4 Å². The molecule has 21 heavy (non-hydrogen) atoms. The van der Waals surface area contributed by atoms with Gasteiger partial charge in [-0.15, -0.1) is 0 Å². The third kappa shape index (κ3) is 4.59. The molecule has 1 saturated carbocycles. The van der Waals surface area contributed by atoms with Crippen molar-refractivity contribution in [1.29, 1.82) is 0 Å². The molecule has 2 rings (SSSR count). The molecule has 0 aliphatic heterocycles. The summed E-state index contributed by atoms with van der Waals surface area (Å²) in [7, 11) is 0. The predicted molar refractivity (Wildman–Crippen MR) is 81.1 cm³/mol. The highest BCUT2D eigenvalue weighted by Crippen LogP contribution is 2.30. The van der Waals surface area contributed by atoms with Crippen molar-refractivity contribution in [1.82, 2.24) is 5.32 Å². The van der Waals surface area contributed by atoms with Crippen LogP contribution in [0.3, 0.4) is 0 Å². The Morgan fingerprint density at radius 1 is 1.24 bits per heavy atom. The summed E-state index contributed by atoms with van der Waals surface area (Å²) in [6.45, 7) is 4.29. The summed E-state index contributed by atoms with van der Waals surface area (Å²) in [4.78, 5) is 22.5. The number of carboxylic acids is 1. The van der Waals surface area contributed by atoms with Gasteiger partial charge in [-0.1, -0.05) is 38.1 Å². The lowest BCUT2D eigenvalue weighted by molar-refractivity contribution is -0.138. The number of rotatable bonds is 6. The number of carbonyl (C=O) groups is 2. The molecule has 1 aliphatic carbocycles. The van der Waals surface area contributed by atoms with E-state index in [-0.39, 0.29) is 24.3 Å². The van der Waals surface area contributed by atoms with Gasteiger partial charge < -0.3 is 10.4 Å². The van der Waals surface area contributed by atoms with E-state index >= 15 is 0 Å². The summed E-state index contributed by atoms with van der Waals surface area (Å²) in [5.74, 6) is -0.0202. The van der Waals surface area contributed by atoms with Gasteiger partial charge in [0, 0.05) is 12.5 Å². The Balaban J connectivity index is 1.74. The quantitative estimate of drug-likeness (QED) is 0.846. The van der Waals surface area contributed by atoms with Gasteiger partial charge in [-0.3, -0.25) is 9.59 Å². The van der Waals surface area contributed by atoms with Gasteiger partial charge in [0.05, 0.1) is 6.42 Å². The maximum absolute atomic E-state index is 11.9. The van der Waals surface area contributed by atoms with E-state index in [9.17, 15) is 9.59 Å². The van der Waals surface area contributed by atoms with Crippen LogP contribution in [0.2, 0.25) is 0 Å². The number of carbonyl (C=O) groups excluding carboxylic acids is 1. The highest BCUT2D eigenvalue weighted by atomic mass is 16.4. The molecule has 4 heteroatoms. The van der Waals surface area contributed by atoms with Crippen LogP contribution in [-0.2, 0) is 16.0 Å². The molecule has 0 aromatic heterocycles. The molecule has 0 unspecified atom stereocenters. The second-order valence-corrected chi connectivity index (χ2v) is 6.27. The average molecular weight is 289 g/mol. The van der Waals surface area contributed by atoms with Crippen LogP contribution in [0, 0.1) is 5.92 Å². The van der Waals surface area contributed by atoms with Gasteiger partial charge in [0.25, 0.3) is 0 Å². The first-order valence-electron chi connectivity index (χ1n) is 7.54. The lowest BCUT2D eigenvalue weighted by atomic mass is 9.78. The zero-order valence-corrected chi connectivity index (χ0v) is 12.6. The Labute approximate surface area is 125 Å². The molecule has 0 heterocycles. The number of benzene rings is 1. The fraction of sp³-hybridized carbons (Fsp3) is 0.529. The summed E-state index contributed by atoms with van der Waals surface area (Å²) < 4.78 is 0. The van der Waals surface area contributed by atoms with Gasteiger partial charge >= 0.3 is 5.97 Å². The van der Waals surface area contributed by atoms with E-state index in [1.165, 1.54) is 5.56 Å².